The summed E-state index contributed by atoms with van der Waals surface area (Å²) in [4.78, 5) is -1.13. The summed E-state index contributed by atoms with van der Waals surface area (Å²) >= 11 is 0. The molecule has 1 aliphatic rings. The topological polar surface area (TPSA) is 72.2 Å². The van der Waals surface area contributed by atoms with E-state index in [0.29, 0.717) is 12.5 Å². The molecule has 19 heavy (non-hydrogen) atoms. The van der Waals surface area contributed by atoms with Crippen molar-refractivity contribution < 1.29 is 26.0 Å². The molecule has 0 aromatic heterocycles. The highest BCUT2D eigenvalue weighted by Gasteiger charge is 2.48. The molecule has 0 amide bonds. The zero-order chi connectivity index (χ0) is 14.4. The van der Waals surface area contributed by atoms with E-state index in [1.54, 1.807) is 0 Å². The minimum absolute atomic E-state index is 0.244. The van der Waals surface area contributed by atoms with Gasteiger partial charge in [-0.15, -0.1) is 0 Å². The van der Waals surface area contributed by atoms with Gasteiger partial charge in [-0.05, 0) is 24.6 Å². The maximum absolute atomic E-state index is 13.0. The van der Waals surface area contributed by atoms with Gasteiger partial charge < -0.3 is 11.1 Å². The standard InChI is InChI=1S/C10H10F4N2O2S/c11-5-1-2-7(16-8-4-6(8)15)9(3-5)19(17,18)10(12,13)14/h1-3,6,8,16H,4,15H2. The number of alkyl halides is 3. The van der Waals surface area contributed by atoms with Gasteiger partial charge in [-0.2, -0.15) is 13.2 Å². The van der Waals surface area contributed by atoms with Crippen LogP contribution in [0.1, 0.15) is 6.42 Å². The fourth-order valence-electron chi connectivity index (χ4n) is 1.54. The van der Waals surface area contributed by atoms with Crippen molar-refractivity contribution in [3.63, 3.8) is 0 Å². The number of anilines is 1. The van der Waals surface area contributed by atoms with Crippen LogP contribution in [0.5, 0.6) is 0 Å². The number of hydrogen-bond donors (Lipinski definition) is 2. The third-order valence-corrected chi connectivity index (χ3v) is 4.24. The first-order chi connectivity index (χ1) is 8.63. The van der Waals surface area contributed by atoms with Crippen LogP contribution in [-0.2, 0) is 9.84 Å². The summed E-state index contributed by atoms with van der Waals surface area (Å²) in [5.74, 6) is -1.06. The SMILES string of the molecule is NC1CC1Nc1ccc(F)cc1S(=O)(=O)C(F)(F)F. The van der Waals surface area contributed by atoms with Crippen LogP contribution in [-0.4, -0.2) is 26.0 Å². The molecule has 0 bridgehead atoms. The molecule has 2 unspecified atom stereocenters. The summed E-state index contributed by atoms with van der Waals surface area (Å²) in [6, 6.07) is 1.64. The predicted octanol–water partition coefficient (Wildman–Crippen LogP) is 1.63. The van der Waals surface area contributed by atoms with Crippen molar-refractivity contribution in [2.24, 2.45) is 5.73 Å². The van der Waals surface area contributed by atoms with Crippen LogP contribution in [0.25, 0.3) is 0 Å². The fourth-order valence-corrected chi connectivity index (χ4v) is 2.48. The van der Waals surface area contributed by atoms with E-state index in [1.165, 1.54) is 0 Å². The third kappa shape index (κ3) is 2.66. The summed E-state index contributed by atoms with van der Waals surface area (Å²) in [6.07, 6.45) is 0.517. The largest absolute Gasteiger partial charge is 0.501 e. The van der Waals surface area contributed by atoms with Gasteiger partial charge >= 0.3 is 5.51 Å². The lowest BCUT2D eigenvalue weighted by molar-refractivity contribution is -0.0435. The third-order valence-electron chi connectivity index (χ3n) is 2.72. The first-order valence-electron chi connectivity index (χ1n) is 5.26. The Labute approximate surface area is 106 Å². The zero-order valence-corrected chi connectivity index (χ0v) is 10.2. The van der Waals surface area contributed by atoms with Crippen LogP contribution in [0.15, 0.2) is 23.1 Å². The lowest BCUT2D eigenvalue weighted by Crippen LogP contribution is -2.25. The number of halogens is 4. The summed E-state index contributed by atoms with van der Waals surface area (Å²) in [5.41, 5.74) is -0.297. The van der Waals surface area contributed by atoms with Crippen LogP contribution in [0, 0.1) is 5.82 Å². The smallest absolute Gasteiger partial charge is 0.380 e. The first kappa shape index (κ1) is 14.1. The number of nitrogens with one attached hydrogen (secondary N) is 1. The molecule has 1 aromatic rings. The molecule has 4 nitrogen and oxygen atoms in total. The van der Waals surface area contributed by atoms with E-state index >= 15 is 0 Å². The quantitative estimate of drug-likeness (QED) is 0.832. The Morgan fingerprint density at radius 1 is 1.32 bits per heavy atom. The Balaban J connectivity index is 2.46. The lowest BCUT2D eigenvalue weighted by Gasteiger charge is -2.14. The predicted molar refractivity (Wildman–Crippen MR) is 59.6 cm³/mol. The van der Waals surface area contributed by atoms with Crippen molar-refractivity contribution in [1.29, 1.82) is 0 Å². The van der Waals surface area contributed by atoms with Crippen molar-refractivity contribution in [3.05, 3.63) is 24.0 Å². The molecule has 1 fully saturated rings. The average Bonchev–Trinajstić information content (AvgIpc) is 2.95. The molecule has 0 spiro atoms. The van der Waals surface area contributed by atoms with E-state index in [2.05, 4.69) is 5.32 Å². The van der Waals surface area contributed by atoms with Crippen molar-refractivity contribution in [3.8, 4) is 0 Å². The van der Waals surface area contributed by atoms with Gasteiger partial charge in [-0.3, -0.25) is 0 Å². The van der Waals surface area contributed by atoms with E-state index in [1.807, 2.05) is 0 Å². The van der Waals surface area contributed by atoms with Crippen molar-refractivity contribution in [2.45, 2.75) is 28.9 Å². The molecular weight excluding hydrogens is 288 g/mol. The molecule has 2 atom stereocenters. The van der Waals surface area contributed by atoms with E-state index < -0.39 is 26.1 Å². The molecule has 1 aliphatic carbocycles. The second-order valence-electron chi connectivity index (χ2n) is 4.24. The highest BCUT2D eigenvalue weighted by Crippen LogP contribution is 2.36. The Kier molecular flexibility index (Phi) is 3.21. The molecule has 3 N–H and O–H groups in total. The number of rotatable bonds is 3. The zero-order valence-electron chi connectivity index (χ0n) is 9.41. The van der Waals surface area contributed by atoms with Crippen LogP contribution >= 0.6 is 0 Å². The van der Waals surface area contributed by atoms with Gasteiger partial charge in [-0.1, -0.05) is 0 Å². The van der Waals surface area contributed by atoms with Crippen molar-refractivity contribution in [2.75, 3.05) is 5.32 Å². The lowest BCUT2D eigenvalue weighted by atomic mass is 10.3. The summed E-state index contributed by atoms with van der Waals surface area (Å²) in [5, 5.41) is 2.57. The maximum Gasteiger partial charge on any atom is 0.501 e. The van der Waals surface area contributed by atoms with Crippen LogP contribution in [0.4, 0.5) is 23.2 Å². The maximum atomic E-state index is 13.0. The Hall–Kier alpha value is -1.35. The van der Waals surface area contributed by atoms with Gasteiger partial charge in [-0.25, -0.2) is 12.8 Å². The van der Waals surface area contributed by atoms with E-state index in [-0.39, 0.29) is 17.8 Å². The molecule has 0 radical (unpaired) electrons. The van der Waals surface area contributed by atoms with Crippen molar-refractivity contribution >= 4 is 15.5 Å². The van der Waals surface area contributed by atoms with Crippen molar-refractivity contribution in [1.82, 2.24) is 0 Å². The number of benzene rings is 1. The van der Waals surface area contributed by atoms with Crippen LogP contribution in [0.2, 0.25) is 0 Å². The summed E-state index contributed by atoms with van der Waals surface area (Å²) < 4.78 is 73.2. The highest BCUT2D eigenvalue weighted by molar-refractivity contribution is 7.92. The molecule has 0 saturated heterocycles. The monoisotopic (exact) mass is 298 g/mol. The average molecular weight is 298 g/mol. The molecule has 9 heteroatoms. The molecule has 106 valence electrons. The van der Waals surface area contributed by atoms with E-state index in [4.69, 9.17) is 5.73 Å². The molecule has 2 rings (SSSR count). The molecular formula is C10H10F4N2O2S. The minimum Gasteiger partial charge on any atom is -0.380 e. The van der Waals surface area contributed by atoms with Gasteiger partial charge in [0.1, 0.15) is 10.7 Å². The Morgan fingerprint density at radius 3 is 2.37 bits per heavy atom. The number of sulfone groups is 1. The van der Waals surface area contributed by atoms with Gasteiger partial charge in [0.05, 0.1) is 5.69 Å². The normalized spacial score (nSPS) is 23.2. The Bertz CT molecular complexity index is 600. The van der Waals surface area contributed by atoms with Crippen LogP contribution in [0.3, 0.4) is 0 Å². The summed E-state index contributed by atoms with van der Waals surface area (Å²) in [6.45, 7) is 0. The van der Waals surface area contributed by atoms with Gasteiger partial charge in [0.15, 0.2) is 0 Å². The molecule has 1 saturated carbocycles. The number of nitrogens with two attached hydrogens (primary N) is 1. The van der Waals surface area contributed by atoms with Gasteiger partial charge in [0.2, 0.25) is 0 Å². The first-order valence-corrected chi connectivity index (χ1v) is 6.74. The molecule has 0 aliphatic heterocycles. The van der Waals surface area contributed by atoms with E-state index in [9.17, 15) is 26.0 Å². The molecule has 0 heterocycles. The van der Waals surface area contributed by atoms with Gasteiger partial charge in [0, 0.05) is 12.1 Å². The number of hydrogen-bond acceptors (Lipinski definition) is 4. The van der Waals surface area contributed by atoms with Crippen LogP contribution < -0.4 is 11.1 Å². The highest BCUT2D eigenvalue weighted by atomic mass is 32.2. The molecule has 1 aromatic carbocycles. The Morgan fingerprint density at radius 2 is 1.89 bits per heavy atom. The van der Waals surface area contributed by atoms with E-state index in [0.717, 1.165) is 12.1 Å². The fraction of sp³-hybridized carbons (Fsp3) is 0.400. The second-order valence-corrected chi connectivity index (χ2v) is 6.15. The summed E-state index contributed by atoms with van der Waals surface area (Å²) in [7, 11) is -5.61. The second kappa shape index (κ2) is 4.34. The minimum atomic E-state index is -5.61. The van der Waals surface area contributed by atoms with Gasteiger partial charge in [0.25, 0.3) is 9.84 Å².